The maximum absolute atomic E-state index is 12.8. The highest BCUT2D eigenvalue weighted by Crippen LogP contribution is 2.30. The number of fused-ring (bicyclic) bond motifs is 1. The minimum absolute atomic E-state index is 0.0728. The van der Waals surface area contributed by atoms with Gasteiger partial charge in [0.1, 0.15) is 28.2 Å². The van der Waals surface area contributed by atoms with Crippen LogP contribution in [0.4, 0.5) is 0 Å². The van der Waals surface area contributed by atoms with E-state index in [0.717, 1.165) is 12.5 Å². The summed E-state index contributed by atoms with van der Waals surface area (Å²) in [7, 11) is 3.40. The molecule has 0 aliphatic carbocycles. The summed E-state index contributed by atoms with van der Waals surface area (Å²) in [5.41, 5.74) is 1.54. The van der Waals surface area contributed by atoms with Gasteiger partial charge in [0.25, 0.3) is 0 Å². The first-order chi connectivity index (χ1) is 16.1. The highest BCUT2D eigenvalue weighted by Gasteiger charge is 2.29. The van der Waals surface area contributed by atoms with Crippen LogP contribution in [0.25, 0.3) is 11.0 Å². The fraction of sp³-hybridized carbons (Fsp3) is 0.464. The molecule has 2 rings (SSSR count). The molecule has 0 aliphatic heterocycles. The van der Waals surface area contributed by atoms with Gasteiger partial charge in [-0.15, -0.1) is 0 Å². The second-order valence-corrected chi connectivity index (χ2v) is 8.87. The molecule has 1 heterocycles. The molecule has 1 aromatic heterocycles. The third-order valence-corrected chi connectivity index (χ3v) is 6.48. The zero-order valence-electron chi connectivity index (χ0n) is 21.3. The summed E-state index contributed by atoms with van der Waals surface area (Å²) >= 11 is 0. The minimum atomic E-state index is -0.288. The zero-order chi connectivity index (χ0) is 25.4. The lowest BCUT2D eigenvalue weighted by atomic mass is 9.86. The van der Waals surface area contributed by atoms with E-state index in [4.69, 9.17) is 13.9 Å². The highest BCUT2D eigenvalue weighted by atomic mass is 16.5. The number of allylic oxidation sites excluding steroid dienone is 5. The molecule has 0 radical (unpaired) electrons. The van der Waals surface area contributed by atoms with Gasteiger partial charge in [0.05, 0.1) is 12.2 Å². The molecule has 0 aliphatic rings. The highest BCUT2D eigenvalue weighted by molar-refractivity contribution is 5.85. The van der Waals surface area contributed by atoms with Gasteiger partial charge in [-0.05, 0) is 33.1 Å². The van der Waals surface area contributed by atoms with Crippen molar-refractivity contribution in [1.82, 2.24) is 0 Å². The molecule has 0 fully saturated rings. The maximum atomic E-state index is 12.8. The third kappa shape index (κ3) is 6.61. The van der Waals surface area contributed by atoms with Crippen molar-refractivity contribution in [1.29, 1.82) is 0 Å². The molecular formula is C28H38O6. The molecule has 6 nitrogen and oxygen atoms in total. The second-order valence-electron chi connectivity index (χ2n) is 8.87. The molecule has 2 N–H and O–H groups in total. The van der Waals surface area contributed by atoms with Gasteiger partial charge < -0.3 is 24.1 Å². The van der Waals surface area contributed by atoms with Crippen molar-refractivity contribution < 1.29 is 24.1 Å². The largest absolute Gasteiger partial charge is 0.508 e. The van der Waals surface area contributed by atoms with Gasteiger partial charge in [0.2, 0.25) is 0 Å². The molecule has 0 saturated heterocycles. The lowest BCUT2D eigenvalue weighted by Gasteiger charge is -2.32. The topological polar surface area (TPSA) is 89.1 Å². The molecule has 6 heteroatoms. The summed E-state index contributed by atoms with van der Waals surface area (Å²) in [6.45, 7) is 9.97. The molecule has 0 amide bonds. The summed E-state index contributed by atoms with van der Waals surface area (Å²) in [6, 6.07) is 2.49. The molecule has 2 aromatic rings. The lowest BCUT2D eigenvalue weighted by molar-refractivity contribution is -0.0343. The standard InChI is InChI=1S/C28H38O6/c1-8-17(2)11-9-10-12-23(32-6)20(5)28(33-7)18(3)13-14-24-19(4)27(31)26-22(30)15-21(29)16-25(26)34-24/h8-12,15-16,18,20,23,28-30H,13-14H2,1-7H3. The monoisotopic (exact) mass is 470 g/mol. The first-order valence-electron chi connectivity index (χ1n) is 11.7. The number of aromatic hydroxyl groups is 2. The van der Waals surface area contributed by atoms with E-state index in [1.165, 1.54) is 11.6 Å². The van der Waals surface area contributed by atoms with Crippen LogP contribution in [-0.2, 0) is 15.9 Å². The zero-order valence-corrected chi connectivity index (χ0v) is 21.3. The van der Waals surface area contributed by atoms with Crippen molar-refractivity contribution >= 4 is 11.0 Å². The van der Waals surface area contributed by atoms with Crippen molar-refractivity contribution in [3.63, 3.8) is 0 Å². The Labute approximate surface area is 202 Å². The van der Waals surface area contributed by atoms with E-state index in [-0.39, 0.29) is 51.9 Å². The number of hydrogen-bond acceptors (Lipinski definition) is 6. The Morgan fingerprint density at radius 1 is 1.15 bits per heavy atom. The Morgan fingerprint density at radius 2 is 1.85 bits per heavy atom. The maximum Gasteiger partial charge on any atom is 0.199 e. The van der Waals surface area contributed by atoms with Crippen molar-refractivity contribution in [2.75, 3.05) is 14.2 Å². The van der Waals surface area contributed by atoms with E-state index in [9.17, 15) is 15.0 Å². The number of methoxy groups -OCH3 is 2. The first-order valence-corrected chi connectivity index (χ1v) is 11.7. The van der Waals surface area contributed by atoms with Crippen molar-refractivity contribution in [2.24, 2.45) is 11.8 Å². The van der Waals surface area contributed by atoms with Gasteiger partial charge in [-0.2, -0.15) is 0 Å². The second kappa shape index (κ2) is 12.6. The first kappa shape index (κ1) is 27.4. The van der Waals surface area contributed by atoms with Gasteiger partial charge in [-0.3, -0.25) is 4.79 Å². The Hall–Kier alpha value is -2.83. The third-order valence-electron chi connectivity index (χ3n) is 6.48. The van der Waals surface area contributed by atoms with Gasteiger partial charge in [-0.1, -0.05) is 49.8 Å². The van der Waals surface area contributed by atoms with E-state index in [2.05, 4.69) is 13.8 Å². The van der Waals surface area contributed by atoms with Crippen molar-refractivity contribution in [3.8, 4) is 11.5 Å². The lowest BCUT2D eigenvalue weighted by Crippen LogP contribution is -2.36. The number of ether oxygens (including phenoxy) is 2. The quantitative estimate of drug-likeness (QED) is 0.402. The van der Waals surface area contributed by atoms with Crippen LogP contribution < -0.4 is 5.43 Å². The molecular weight excluding hydrogens is 432 g/mol. The predicted octanol–water partition coefficient (Wildman–Crippen LogP) is 5.83. The van der Waals surface area contributed by atoms with Gasteiger partial charge >= 0.3 is 0 Å². The Kier molecular flexibility index (Phi) is 10.1. The molecule has 4 unspecified atom stereocenters. The van der Waals surface area contributed by atoms with Crippen LogP contribution in [-0.4, -0.2) is 36.6 Å². The van der Waals surface area contributed by atoms with Crippen LogP contribution in [0.2, 0.25) is 0 Å². The summed E-state index contributed by atoms with van der Waals surface area (Å²) in [6.07, 6.45) is 11.2. The van der Waals surface area contributed by atoms with Crippen LogP contribution >= 0.6 is 0 Å². The molecule has 1 aromatic carbocycles. The molecule has 34 heavy (non-hydrogen) atoms. The van der Waals surface area contributed by atoms with Crippen LogP contribution in [0.5, 0.6) is 11.5 Å². The number of rotatable bonds is 11. The number of hydrogen-bond donors (Lipinski definition) is 2. The van der Waals surface area contributed by atoms with Crippen molar-refractivity contribution in [2.45, 2.75) is 59.7 Å². The molecule has 186 valence electrons. The summed E-state index contributed by atoms with van der Waals surface area (Å²) in [4.78, 5) is 12.8. The number of phenolic OH excluding ortho intramolecular Hbond substituents is 2. The van der Waals surface area contributed by atoms with Crippen molar-refractivity contribution in [3.05, 3.63) is 69.6 Å². The molecule has 0 bridgehead atoms. The van der Waals surface area contributed by atoms with Gasteiger partial charge in [0, 0.05) is 44.3 Å². The number of phenols is 2. The summed E-state index contributed by atoms with van der Waals surface area (Å²) < 4.78 is 17.5. The van der Waals surface area contributed by atoms with Crippen LogP contribution in [0.1, 0.15) is 45.4 Å². The Balaban J connectivity index is 2.17. The fourth-order valence-corrected chi connectivity index (χ4v) is 4.28. The van der Waals surface area contributed by atoms with E-state index in [1.807, 2.05) is 44.2 Å². The minimum Gasteiger partial charge on any atom is -0.508 e. The average molecular weight is 471 g/mol. The molecule has 0 saturated carbocycles. The van der Waals surface area contributed by atoms with Gasteiger partial charge in [0.15, 0.2) is 5.43 Å². The van der Waals surface area contributed by atoms with E-state index in [1.54, 1.807) is 21.1 Å². The summed E-state index contributed by atoms with van der Waals surface area (Å²) in [5.74, 6) is 0.360. The van der Waals surface area contributed by atoms with E-state index < -0.39 is 0 Å². The normalized spacial score (nSPS) is 16.4. The van der Waals surface area contributed by atoms with E-state index >= 15 is 0 Å². The van der Waals surface area contributed by atoms with E-state index in [0.29, 0.717) is 17.7 Å². The summed E-state index contributed by atoms with van der Waals surface area (Å²) in [5, 5.41) is 19.9. The number of benzene rings is 1. The smallest absolute Gasteiger partial charge is 0.199 e. The Morgan fingerprint density at radius 3 is 2.47 bits per heavy atom. The van der Waals surface area contributed by atoms with Crippen LogP contribution in [0, 0.1) is 18.8 Å². The van der Waals surface area contributed by atoms with Gasteiger partial charge in [-0.25, -0.2) is 0 Å². The van der Waals surface area contributed by atoms with Crippen LogP contribution in [0.15, 0.2) is 57.3 Å². The Bertz CT molecular complexity index is 1110. The SMILES string of the molecule is CC=C(C)C=CC=CC(OC)C(C)C(OC)C(C)CCc1oc2cc(O)cc(O)c2c(=O)c1C. The van der Waals surface area contributed by atoms with Crippen LogP contribution in [0.3, 0.4) is 0 Å². The molecule has 0 spiro atoms. The predicted molar refractivity (Wildman–Crippen MR) is 137 cm³/mol. The number of aryl methyl sites for hydroxylation is 1. The fourth-order valence-electron chi connectivity index (χ4n) is 4.28. The molecule has 4 atom stereocenters. The average Bonchev–Trinajstić information content (AvgIpc) is 2.80.